The Morgan fingerprint density at radius 2 is 1.70 bits per heavy atom. The molecule has 3 aromatic heterocycles. The fraction of sp³-hybridized carbons (Fsp3) is 0.211. The summed E-state index contributed by atoms with van der Waals surface area (Å²) in [4.78, 5) is 12.9. The summed E-state index contributed by atoms with van der Waals surface area (Å²) in [6.45, 7) is 0. The molecule has 0 radical (unpaired) electrons. The topological polar surface area (TPSA) is 58.9 Å². The molecule has 0 fully saturated rings. The van der Waals surface area contributed by atoms with Crippen LogP contribution >= 0.6 is 0 Å². The molecule has 0 spiro atoms. The van der Waals surface area contributed by atoms with E-state index in [2.05, 4.69) is 15.0 Å². The Morgan fingerprint density at radius 1 is 0.870 bits per heavy atom. The second kappa shape index (κ2) is 7.61. The molecule has 0 aromatic carbocycles. The molecule has 23 heavy (non-hydrogen) atoms. The predicted octanol–water partition coefficient (Wildman–Crippen LogP) is 3.32. The Kier molecular flexibility index (Phi) is 5.06. The number of hydrogen-bond donors (Lipinski definition) is 1. The molecule has 3 rings (SSSR count). The van der Waals surface area contributed by atoms with Crippen molar-refractivity contribution in [3.8, 4) is 0 Å². The fourth-order valence-corrected chi connectivity index (χ4v) is 2.70. The highest BCUT2D eigenvalue weighted by atomic mass is 16.3. The SMILES string of the molecule is O[C@@H](c1cccnc1)[C@@H](CCc1ccccn1)c1ccccn1. The molecule has 0 unspecified atom stereocenters. The smallest absolute Gasteiger partial charge is 0.0888 e. The van der Waals surface area contributed by atoms with Crippen molar-refractivity contribution in [1.29, 1.82) is 0 Å². The van der Waals surface area contributed by atoms with E-state index in [9.17, 15) is 5.11 Å². The largest absolute Gasteiger partial charge is 0.388 e. The molecule has 0 aliphatic heterocycles. The molecule has 3 heterocycles. The lowest BCUT2D eigenvalue weighted by atomic mass is 9.88. The standard InChI is InChI=1S/C19H19N3O/c23-19(15-6-5-11-20-14-15)17(18-8-2-4-13-22-18)10-9-16-7-1-3-12-21-16/h1-8,11-14,17,19,23H,9-10H2/t17-,19-/m0/s1. The van der Waals surface area contributed by atoms with E-state index >= 15 is 0 Å². The van der Waals surface area contributed by atoms with E-state index in [1.807, 2.05) is 48.5 Å². The maximum absolute atomic E-state index is 10.8. The van der Waals surface area contributed by atoms with Crippen LogP contribution in [0.25, 0.3) is 0 Å². The van der Waals surface area contributed by atoms with Crippen molar-refractivity contribution in [2.75, 3.05) is 0 Å². The molecule has 0 saturated heterocycles. The first-order valence-corrected chi connectivity index (χ1v) is 7.73. The maximum atomic E-state index is 10.8. The molecule has 4 heteroatoms. The monoisotopic (exact) mass is 305 g/mol. The summed E-state index contributed by atoms with van der Waals surface area (Å²) < 4.78 is 0. The van der Waals surface area contributed by atoms with E-state index in [1.165, 1.54) is 0 Å². The molecule has 116 valence electrons. The van der Waals surface area contributed by atoms with Crippen molar-refractivity contribution in [2.24, 2.45) is 0 Å². The van der Waals surface area contributed by atoms with Gasteiger partial charge in [0.2, 0.25) is 0 Å². The third-order valence-corrected chi connectivity index (χ3v) is 3.91. The molecule has 2 atom stereocenters. The van der Waals surface area contributed by atoms with Crippen molar-refractivity contribution in [3.63, 3.8) is 0 Å². The number of hydrogen-bond acceptors (Lipinski definition) is 4. The Labute approximate surface area is 135 Å². The van der Waals surface area contributed by atoms with Gasteiger partial charge in [-0.2, -0.15) is 0 Å². The van der Waals surface area contributed by atoms with E-state index in [0.717, 1.165) is 29.8 Å². The lowest BCUT2D eigenvalue weighted by Gasteiger charge is -2.22. The van der Waals surface area contributed by atoms with Crippen LogP contribution in [0.3, 0.4) is 0 Å². The van der Waals surface area contributed by atoms with E-state index in [0.29, 0.717) is 0 Å². The van der Waals surface area contributed by atoms with Gasteiger partial charge in [0.1, 0.15) is 0 Å². The Morgan fingerprint density at radius 3 is 2.35 bits per heavy atom. The van der Waals surface area contributed by atoms with Gasteiger partial charge in [0, 0.05) is 42.1 Å². The number of aliphatic hydroxyl groups excluding tert-OH is 1. The normalized spacial score (nSPS) is 13.4. The molecule has 3 aromatic rings. The van der Waals surface area contributed by atoms with Crippen molar-refractivity contribution < 1.29 is 5.11 Å². The van der Waals surface area contributed by atoms with Crippen molar-refractivity contribution in [1.82, 2.24) is 15.0 Å². The van der Waals surface area contributed by atoms with Crippen molar-refractivity contribution in [3.05, 3.63) is 90.3 Å². The zero-order chi connectivity index (χ0) is 15.9. The molecular formula is C19H19N3O. The van der Waals surface area contributed by atoms with Crippen LogP contribution in [0.4, 0.5) is 0 Å². The van der Waals surface area contributed by atoms with Crippen LogP contribution in [0.15, 0.2) is 73.3 Å². The molecule has 1 N–H and O–H groups in total. The van der Waals surface area contributed by atoms with E-state index in [-0.39, 0.29) is 5.92 Å². The highest BCUT2D eigenvalue weighted by molar-refractivity contribution is 5.20. The molecule has 0 saturated carbocycles. The van der Waals surface area contributed by atoms with E-state index < -0.39 is 6.10 Å². The van der Waals surface area contributed by atoms with E-state index in [1.54, 1.807) is 24.8 Å². The maximum Gasteiger partial charge on any atom is 0.0888 e. The van der Waals surface area contributed by atoms with Crippen LogP contribution in [0, 0.1) is 0 Å². The van der Waals surface area contributed by atoms with Crippen LogP contribution in [0.5, 0.6) is 0 Å². The Bertz CT molecular complexity index is 704. The minimum absolute atomic E-state index is 0.0950. The number of aliphatic hydroxyl groups is 1. The summed E-state index contributed by atoms with van der Waals surface area (Å²) in [5, 5.41) is 10.8. The molecule has 0 amide bonds. The average Bonchev–Trinajstić information content (AvgIpc) is 2.64. The van der Waals surface area contributed by atoms with Gasteiger partial charge < -0.3 is 5.11 Å². The van der Waals surface area contributed by atoms with Gasteiger partial charge in [-0.3, -0.25) is 15.0 Å². The molecule has 0 bridgehead atoms. The van der Waals surface area contributed by atoms with Crippen LogP contribution < -0.4 is 0 Å². The van der Waals surface area contributed by atoms with Crippen LogP contribution in [0.1, 0.15) is 35.4 Å². The number of nitrogens with zero attached hydrogens (tertiary/aromatic N) is 3. The third-order valence-electron chi connectivity index (χ3n) is 3.91. The molecular weight excluding hydrogens is 286 g/mol. The molecule has 0 aliphatic carbocycles. The lowest BCUT2D eigenvalue weighted by Crippen LogP contribution is -2.14. The predicted molar refractivity (Wildman–Crippen MR) is 88.7 cm³/mol. The lowest BCUT2D eigenvalue weighted by molar-refractivity contribution is 0.138. The van der Waals surface area contributed by atoms with Gasteiger partial charge in [-0.1, -0.05) is 18.2 Å². The van der Waals surface area contributed by atoms with E-state index in [4.69, 9.17) is 0 Å². The van der Waals surface area contributed by atoms with Gasteiger partial charge in [-0.15, -0.1) is 0 Å². The first kappa shape index (κ1) is 15.3. The summed E-state index contributed by atoms with van der Waals surface area (Å²) in [6, 6.07) is 15.4. The first-order valence-electron chi connectivity index (χ1n) is 7.73. The number of rotatable bonds is 6. The van der Waals surface area contributed by atoms with Gasteiger partial charge in [-0.25, -0.2) is 0 Å². The first-order chi connectivity index (χ1) is 11.3. The van der Waals surface area contributed by atoms with Gasteiger partial charge in [0.25, 0.3) is 0 Å². The molecule has 0 aliphatic rings. The van der Waals surface area contributed by atoms with Crippen LogP contribution in [0.2, 0.25) is 0 Å². The highest BCUT2D eigenvalue weighted by Gasteiger charge is 2.24. The minimum Gasteiger partial charge on any atom is -0.388 e. The zero-order valence-corrected chi connectivity index (χ0v) is 12.8. The minimum atomic E-state index is -0.637. The fourth-order valence-electron chi connectivity index (χ4n) is 2.70. The van der Waals surface area contributed by atoms with Crippen LogP contribution in [-0.4, -0.2) is 20.1 Å². The quantitative estimate of drug-likeness (QED) is 0.759. The van der Waals surface area contributed by atoms with Crippen molar-refractivity contribution in [2.45, 2.75) is 24.9 Å². The summed E-state index contributed by atoms with van der Waals surface area (Å²) >= 11 is 0. The van der Waals surface area contributed by atoms with Crippen molar-refractivity contribution >= 4 is 0 Å². The number of pyridine rings is 3. The summed E-state index contributed by atoms with van der Waals surface area (Å²) in [6.07, 6.45) is 7.90. The summed E-state index contributed by atoms with van der Waals surface area (Å²) in [7, 11) is 0. The summed E-state index contributed by atoms with van der Waals surface area (Å²) in [5.41, 5.74) is 2.72. The highest BCUT2D eigenvalue weighted by Crippen LogP contribution is 2.33. The van der Waals surface area contributed by atoms with Gasteiger partial charge in [0.15, 0.2) is 0 Å². The summed E-state index contributed by atoms with van der Waals surface area (Å²) in [5.74, 6) is -0.0950. The van der Waals surface area contributed by atoms with Gasteiger partial charge in [-0.05, 0) is 48.7 Å². The Hall–Kier alpha value is -2.59. The number of aromatic nitrogens is 3. The number of aryl methyl sites for hydroxylation is 1. The second-order valence-corrected chi connectivity index (χ2v) is 5.45. The zero-order valence-electron chi connectivity index (χ0n) is 12.8. The Balaban J connectivity index is 1.82. The van der Waals surface area contributed by atoms with Crippen LogP contribution in [-0.2, 0) is 6.42 Å². The van der Waals surface area contributed by atoms with Gasteiger partial charge >= 0.3 is 0 Å². The van der Waals surface area contributed by atoms with Gasteiger partial charge in [0.05, 0.1) is 6.10 Å². The molecule has 4 nitrogen and oxygen atoms in total. The average molecular weight is 305 g/mol. The third kappa shape index (κ3) is 3.99. The second-order valence-electron chi connectivity index (χ2n) is 5.45.